The molecule has 2 aromatic rings. The monoisotopic (exact) mass is 435 g/mol. The van der Waals surface area contributed by atoms with Crippen LogP contribution in [0.2, 0.25) is 0 Å². The fraction of sp³-hybridized carbons (Fsp3) is 0.421. The Morgan fingerprint density at radius 1 is 1.43 bits per heavy atom. The average Bonchev–Trinajstić information content (AvgIpc) is 3.17. The molecule has 1 N–H and O–H groups in total. The summed E-state index contributed by atoms with van der Waals surface area (Å²) in [5, 5.41) is 20.1. The molecule has 0 spiro atoms. The second-order valence-electron chi connectivity index (χ2n) is 6.85. The number of rotatable bonds is 7. The molecule has 0 aliphatic carbocycles. The van der Waals surface area contributed by atoms with Crippen LogP contribution in [-0.4, -0.2) is 67.6 Å². The Morgan fingerprint density at radius 3 is 2.90 bits per heavy atom. The van der Waals surface area contributed by atoms with Gasteiger partial charge in [0, 0.05) is 23.9 Å². The summed E-state index contributed by atoms with van der Waals surface area (Å²) in [4.78, 5) is 25.2. The number of aryl methyl sites for hydroxylation is 1. The minimum atomic E-state index is -0.953. The molecule has 30 heavy (non-hydrogen) atoms. The number of hydrogen-bond acceptors (Lipinski definition) is 8. The lowest BCUT2D eigenvalue weighted by atomic mass is 9.97. The second-order valence-corrected chi connectivity index (χ2v) is 7.47. The van der Waals surface area contributed by atoms with E-state index < -0.39 is 23.8 Å². The molecule has 3 rings (SSSR count). The molecule has 1 aliphatic rings. The maximum atomic E-state index is 14.4. The van der Waals surface area contributed by atoms with E-state index in [1.807, 2.05) is 4.90 Å². The zero-order valence-corrected chi connectivity index (χ0v) is 17.2. The Labute approximate surface area is 177 Å². The van der Waals surface area contributed by atoms with Gasteiger partial charge in [-0.2, -0.15) is 12.6 Å². The first kappa shape index (κ1) is 21.9. The Kier molecular flexibility index (Phi) is 7.16. The fourth-order valence-electron chi connectivity index (χ4n) is 3.38. The normalized spacial score (nSPS) is 19.6. The number of halogens is 1. The Morgan fingerprint density at radius 2 is 2.20 bits per heavy atom. The average molecular weight is 435 g/mol. The van der Waals surface area contributed by atoms with E-state index in [-0.39, 0.29) is 23.8 Å². The van der Waals surface area contributed by atoms with Gasteiger partial charge in [-0.3, -0.25) is 9.69 Å². The number of carbonyl (C=O) groups excluding carboxylic acids is 1. The second kappa shape index (κ2) is 9.81. The van der Waals surface area contributed by atoms with E-state index in [4.69, 9.17) is 9.84 Å². The van der Waals surface area contributed by atoms with Crippen LogP contribution in [0.5, 0.6) is 0 Å². The van der Waals surface area contributed by atoms with Crippen molar-refractivity contribution in [1.82, 2.24) is 25.1 Å². The highest BCUT2D eigenvalue weighted by Gasteiger charge is 2.34. The first-order valence-corrected chi connectivity index (χ1v) is 9.85. The van der Waals surface area contributed by atoms with Gasteiger partial charge in [-0.25, -0.2) is 13.9 Å². The number of carboxylic acids is 1. The zero-order valence-electron chi connectivity index (χ0n) is 16.3. The van der Waals surface area contributed by atoms with Crippen LogP contribution in [-0.2, 0) is 20.9 Å². The summed E-state index contributed by atoms with van der Waals surface area (Å²) in [5.74, 6) is -1.59. The lowest BCUT2D eigenvalue weighted by Gasteiger charge is -2.36. The number of esters is 1. The number of ether oxygens (including phenoxy) is 1. The molecule has 1 saturated heterocycles. The van der Waals surface area contributed by atoms with Gasteiger partial charge in [0.1, 0.15) is 11.9 Å². The van der Waals surface area contributed by atoms with Crippen molar-refractivity contribution in [2.45, 2.75) is 30.7 Å². The molecule has 1 aliphatic heterocycles. The number of aliphatic carboxylic acids is 1. The van der Waals surface area contributed by atoms with Crippen LogP contribution in [0.3, 0.4) is 0 Å². The number of carboxylic acid groups (broad SMARTS) is 1. The first-order valence-electron chi connectivity index (χ1n) is 9.33. The van der Waals surface area contributed by atoms with Crippen molar-refractivity contribution >= 4 is 30.6 Å². The summed E-state index contributed by atoms with van der Waals surface area (Å²) in [6, 6.07) is 5.22. The SMILES string of the molecule is COC(=O)C(c1ccccc1F)N1CCC(S)C(=Cc2nnnn2CCC(=O)O)C1. The number of tetrazole rings is 1. The molecule has 2 heterocycles. The van der Waals surface area contributed by atoms with Crippen molar-refractivity contribution < 1.29 is 23.8 Å². The molecule has 0 saturated carbocycles. The zero-order chi connectivity index (χ0) is 21.7. The number of aromatic nitrogens is 4. The minimum absolute atomic E-state index is 0.107. The number of hydrogen-bond donors (Lipinski definition) is 2. The smallest absolute Gasteiger partial charge is 0.327 e. The van der Waals surface area contributed by atoms with Crippen molar-refractivity contribution in [1.29, 1.82) is 0 Å². The Hall–Kier alpha value is -2.79. The number of methoxy groups -OCH3 is 1. The molecule has 2 unspecified atom stereocenters. The number of piperidine rings is 1. The van der Waals surface area contributed by atoms with Crippen LogP contribution in [0.4, 0.5) is 4.39 Å². The third-order valence-electron chi connectivity index (χ3n) is 4.90. The van der Waals surface area contributed by atoms with Gasteiger partial charge in [0.2, 0.25) is 0 Å². The van der Waals surface area contributed by atoms with Gasteiger partial charge in [-0.05, 0) is 34.6 Å². The van der Waals surface area contributed by atoms with E-state index in [1.165, 1.54) is 17.9 Å². The van der Waals surface area contributed by atoms with E-state index in [0.717, 1.165) is 5.57 Å². The van der Waals surface area contributed by atoms with E-state index >= 15 is 0 Å². The number of nitrogens with zero attached hydrogens (tertiary/aromatic N) is 5. The van der Waals surface area contributed by atoms with Gasteiger partial charge in [0.05, 0.1) is 20.1 Å². The van der Waals surface area contributed by atoms with E-state index in [0.29, 0.717) is 25.3 Å². The number of benzene rings is 1. The summed E-state index contributed by atoms with van der Waals surface area (Å²) in [6.07, 6.45) is 2.24. The molecule has 1 aromatic heterocycles. The van der Waals surface area contributed by atoms with E-state index in [9.17, 15) is 14.0 Å². The topological polar surface area (TPSA) is 110 Å². The Balaban J connectivity index is 1.88. The van der Waals surface area contributed by atoms with Crippen molar-refractivity contribution in [3.63, 3.8) is 0 Å². The number of thiol groups is 1. The number of carbonyl (C=O) groups is 2. The molecule has 0 bridgehead atoms. The minimum Gasteiger partial charge on any atom is -0.481 e. The third kappa shape index (κ3) is 5.03. The fourth-order valence-corrected chi connectivity index (χ4v) is 3.65. The van der Waals surface area contributed by atoms with Crippen molar-refractivity contribution in [3.8, 4) is 0 Å². The highest BCUT2D eigenvalue weighted by atomic mass is 32.1. The summed E-state index contributed by atoms with van der Waals surface area (Å²) in [5.41, 5.74) is 1.08. The summed E-state index contributed by atoms with van der Waals surface area (Å²) >= 11 is 4.62. The van der Waals surface area contributed by atoms with E-state index in [2.05, 4.69) is 28.2 Å². The number of likely N-dealkylation sites (tertiary alicyclic amines) is 1. The maximum Gasteiger partial charge on any atom is 0.327 e. The lowest BCUT2D eigenvalue weighted by molar-refractivity contribution is -0.147. The van der Waals surface area contributed by atoms with Gasteiger partial charge in [0.25, 0.3) is 0 Å². The largest absolute Gasteiger partial charge is 0.481 e. The summed E-state index contributed by atoms with van der Waals surface area (Å²) in [6.45, 7) is 0.972. The van der Waals surface area contributed by atoms with Crippen LogP contribution < -0.4 is 0 Å². The van der Waals surface area contributed by atoms with Crippen molar-refractivity contribution in [3.05, 3.63) is 47.0 Å². The van der Waals surface area contributed by atoms with Crippen LogP contribution >= 0.6 is 12.6 Å². The molecule has 1 aromatic carbocycles. The van der Waals surface area contributed by atoms with Crippen LogP contribution in [0.15, 0.2) is 29.8 Å². The molecule has 11 heteroatoms. The highest BCUT2D eigenvalue weighted by molar-refractivity contribution is 7.81. The highest BCUT2D eigenvalue weighted by Crippen LogP contribution is 2.31. The molecule has 2 atom stereocenters. The first-order chi connectivity index (χ1) is 14.4. The van der Waals surface area contributed by atoms with Gasteiger partial charge in [-0.1, -0.05) is 18.2 Å². The molecule has 0 radical (unpaired) electrons. The summed E-state index contributed by atoms with van der Waals surface area (Å²) < 4.78 is 20.8. The molecule has 160 valence electrons. The third-order valence-corrected chi connectivity index (χ3v) is 5.49. The van der Waals surface area contributed by atoms with Crippen LogP contribution in [0.1, 0.15) is 30.3 Å². The predicted octanol–water partition coefficient (Wildman–Crippen LogP) is 1.59. The van der Waals surface area contributed by atoms with Gasteiger partial charge in [-0.15, -0.1) is 5.10 Å². The van der Waals surface area contributed by atoms with Crippen molar-refractivity contribution in [2.75, 3.05) is 20.2 Å². The standard InChI is InChI=1S/C19H22FN5O4S/c1-29-19(28)18(13-4-2-3-5-14(13)20)24-8-6-15(30)12(11-24)10-16-21-22-23-25(16)9-7-17(26)27/h2-5,10,15,18,30H,6-9,11H2,1H3,(H,26,27). The van der Waals surface area contributed by atoms with Crippen molar-refractivity contribution in [2.24, 2.45) is 0 Å². The lowest BCUT2D eigenvalue weighted by Crippen LogP contribution is -2.42. The maximum absolute atomic E-state index is 14.4. The molecular weight excluding hydrogens is 413 g/mol. The molecule has 9 nitrogen and oxygen atoms in total. The van der Waals surface area contributed by atoms with Crippen LogP contribution in [0.25, 0.3) is 6.08 Å². The van der Waals surface area contributed by atoms with E-state index in [1.54, 1.807) is 24.3 Å². The molecular formula is C19H22FN5O4S. The van der Waals surface area contributed by atoms with Gasteiger partial charge in [0.15, 0.2) is 5.82 Å². The quantitative estimate of drug-likeness (QED) is 0.498. The van der Waals surface area contributed by atoms with Crippen LogP contribution in [0, 0.1) is 5.82 Å². The molecule has 0 amide bonds. The summed E-state index contributed by atoms with van der Waals surface area (Å²) in [7, 11) is 1.27. The predicted molar refractivity (Wildman–Crippen MR) is 108 cm³/mol. The van der Waals surface area contributed by atoms with Gasteiger partial charge < -0.3 is 9.84 Å². The van der Waals surface area contributed by atoms with Gasteiger partial charge >= 0.3 is 11.9 Å². The Bertz CT molecular complexity index is 951. The molecule has 1 fully saturated rings.